The van der Waals surface area contributed by atoms with Gasteiger partial charge in [0.2, 0.25) is 0 Å². The highest BCUT2D eigenvalue weighted by Crippen LogP contribution is 2.08. The van der Waals surface area contributed by atoms with Crippen molar-refractivity contribution in [1.82, 2.24) is 0 Å². The summed E-state index contributed by atoms with van der Waals surface area (Å²) in [5, 5.41) is 0. The van der Waals surface area contributed by atoms with Crippen molar-refractivity contribution in [2.75, 3.05) is 0 Å². The Morgan fingerprint density at radius 2 is 2.38 bits per heavy atom. The molecule has 2 heteroatoms. The number of allylic oxidation sites excluding steroid dienone is 1. The molecule has 0 nitrogen and oxygen atoms in total. The Morgan fingerprint density at radius 3 is 2.75 bits per heavy atom. The topological polar surface area (TPSA) is 0 Å². The number of rotatable bonds is 3. The van der Waals surface area contributed by atoms with E-state index >= 15 is 0 Å². The molecular formula is C6H10BrF. The third-order valence-corrected chi connectivity index (χ3v) is 1.18. The zero-order valence-electron chi connectivity index (χ0n) is 4.95. The lowest BCUT2D eigenvalue weighted by molar-refractivity contribution is 0.691. The fourth-order valence-corrected chi connectivity index (χ4v) is 0.644. The Balaban J connectivity index is 3.03. The third kappa shape index (κ3) is 6.15. The first kappa shape index (κ1) is 8.15. The van der Waals surface area contributed by atoms with Crippen LogP contribution in [0.5, 0.6) is 0 Å². The van der Waals surface area contributed by atoms with Crippen molar-refractivity contribution in [3.05, 3.63) is 10.8 Å². The molecule has 0 unspecified atom stereocenters. The number of hydrogen-bond acceptors (Lipinski definition) is 0. The summed E-state index contributed by atoms with van der Waals surface area (Å²) in [5.74, 6) is 0. The lowest BCUT2D eigenvalue weighted by Crippen LogP contribution is -1.65. The first-order chi connectivity index (χ1) is 3.77. The van der Waals surface area contributed by atoms with E-state index in [4.69, 9.17) is 0 Å². The first-order valence-corrected chi connectivity index (χ1v) is 3.57. The summed E-state index contributed by atoms with van der Waals surface area (Å²) in [6, 6.07) is 0. The van der Waals surface area contributed by atoms with E-state index in [9.17, 15) is 4.39 Å². The molecule has 0 aliphatic carbocycles. The van der Waals surface area contributed by atoms with Crippen LogP contribution in [0.2, 0.25) is 0 Å². The molecule has 0 aromatic rings. The Hall–Kier alpha value is 0.150. The minimum absolute atomic E-state index is 0.244. The van der Waals surface area contributed by atoms with E-state index in [1.165, 1.54) is 0 Å². The van der Waals surface area contributed by atoms with E-state index in [-0.39, 0.29) is 4.74 Å². The van der Waals surface area contributed by atoms with E-state index in [1.807, 2.05) is 0 Å². The van der Waals surface area contributed by atoms with Crippen LogP contribution < -0.4 is 0 Å². The maximum absolute atomic E-state index is 11.8. The van der Waals surface area contributed by atoms with Crippen LogP contribution in [0.4, 0.5) is 4.39 Å². The fourth-order valence-electron chi connectivity index (χ4n) is 0.415. The van der Waals surface area contributed by atoms with Crippen LogP contribution >= 0.6 is 15.9 Å². The van der Waals surface area contributed by atoms with Crippen LogP contribution in [-0.4, -0.2) is 0 Å². The van der Waals surface area contributed by atoms with Crippen LogP contribution in [0.1, 0.15) is 26.2 Å². The zero-order chi connectivity index (χ0) is 6.41. The lowest BCUT2D eigenvalue weighted by Gasteiger charge is -1.85. The van der Waals surface area contributed by atoms with Crippen molar-refractivity contribution >= 4 is 15.9 Å². The summed E-state index contributed by atoms with van der Waals surface area (Å²) in [7, 11) is 0. The summed E-state index contributed by atoms with van der Waals surface area (Å²) in [6.07, 6.45) is 4.58. The molecule has 0 aliphatic rings. The van der Waals surface area contributed by atoms with Crippen molar-refractivity contribution in [1.29, 1.82) is 0 Å². The van der Waals surface area contributed by atoms with Gasteiger partial charge < -0.3 is 0 Å². The standard InChI is InChI=1S/C6H10BrF/c1-2-3-4-5-6(7)8/h5H,2-4H2,1H3/b6-5-. The van der Waals surface area contributed by atoms with Crippen molar-refractivity contribution in [3.8, 4) is 0 Å². The molecular weight excluding hydrogens is 171 g/mol. The van der Waals surface area contributed by atoms with Crippen molar-refractivity contribution in [2.45, 2.75) is 26.2 Å². The number of hydrogen-bond donors (Lipinski definition) is 0. The van der Waals surface area contributed by atoms with E-state index in [1.54, 1.807) is 6.08 Å². The number of unbranched alkanes of at least 4 members (excludes halogenated alkanes) is 2. The maximum atomic E-state index is 11.8. The molecule has 0 saturated carbocycles. The smallest absolute Gasteiger partial charge is 0.161 e. The van der Waals surface area contributed by atoms with Gasteiger partial charge in [0, 0.05) is 0 Å². The Kier molecular flexibility index (Phi) is 5.39. The highest BCUT2D eigenvalue weighted by Gasteiger charge is 1.82. The van der Waals surface area contributed by atoms with Gasteiger partial charge in [0.25, 0.3) is 0 Å². The van der Waals surface area contributed by atoms with Crippen LogP contribution in [-0.2, 0) is 0 Å². The van der Waals surface area contributed by atoms with Gasteiger partial charge in [0.15, 0.2) is 4.74 Å². The SMILES string of the molecule is CCCC/C=C(\F)Br. The molecule has 0 atom stereocenters. The quantitative estimate of drug-likeness (QED) is 0.585. The molecule has 0 aromatic carbocycles. The van der Waals surface area contributed by atoms with Gasteiger partial charge in [0.05, 0.1) is 0 Å². The van der Waals surface area contributed by atoms with E-state index in [0.717, 1.165) is 19.3 Å². The molecule has 0 fully saturated rings. The van der Waals surface area contributed by atoms with Gasteiger partial charge in [0.1, 0.15) is 0 Å². The molecule has 8 heavy (non-hydrogen) atoms. The summed E-state index contributed by atoms with van der Waals surface area (Å²) >= 11 is 2.70. The molecule has 0 aliphatic heterocycles. The number of halogens is 2. The summed E-state index contributed by atoms with van der Waals surface area (Å²) in [5.41, 5.74) is 0. The average molecular weight is 181 g/mol. The Morgan fingerprint density at radius 1 is 1.75 bits per heavy atom. The predicted octanol–water partition coefficient (Wildman–Crippen LogP) is 3.38. The summed E-state index contributed by atoms with van der Waals surface area (Å²) < 4.78 is 11.6. The second-order valence-corrected chi connectivity index (χ2v) is 2.39. The highest BCUT2D eigenvalue weighted by atomic mass is 79.9. The highest BCUT2D eigenvalue weighted by molar-refractivity contribution is 9.11. The van der Waals surface area contributed by atoms with Crippen molar-refractivity contribution in [3.63, 3.8) is 0 Å². The maximum Gasteiger partial charge on any atom is 0.161 e. The van der Waals surface area contributed by atoms with Gasteiger partial charge in [-0.15, -0.1) is 0 Å². The fraction of sp³-hybridized carbons (Fsp3) is 0.667. The molecule has 0 rings (SSSR count). The molecule has 48 valence electrons. The van der Waals surface area contributed by atoms with Gasteiger partial charge in [-0.05, 0) is 34.8 Å². The molecule has 0 spiro atoms. The normalized spacial score (nSPS) is 12.1. The summed E-state index contributed by atoms with van der Waals surface area (Å²) in [4.78, 5) is 0. The summed E-state index contributed by atoms with van der Waals surface area (Å²) in [6.45, 7) is 2.08. The Labute approximate surface area is 57.9 Å². The zero-order valence-corrected chi connectivity index (χ0v) is 6.54. The first-order valence-electron chi connectivity index (χ1n) is 2.78. The van der Waals surface area contributed by atoms with E-state index in [0.29, 0.717) is 0 Å². The van der Waals surface area contributed by atoms with Crippen LogP contribution in [0.25, 0.3) is 0 Å². The molecule has 0 aromatic heterocycles. The second-order valence-electron chi connectivity index (χ2n) is 1.64. The second kappa shape index (κ2) is 5.29. The molecule has 0 heterocycles. The monoisotopic (exact) mass is 180 g/mol. The molecule has 0 saturated heterocycles. The molecule has 0 N–H and O–H groups in total. The van der Waals surface area contributed by atoms with Crippen LogP contribution in [0.15, 0.2) is 10.8 Å². The predicted molar refractivity (Wildman–Crippen MR) is 37.6 cm³/mol. The van der Waals surface area contributed by atoms with Gasteiger partial charge in [-0.25, -0.2) is 0 Å². The Bertz CT molecular complexity index is 74.6. The van der Waals surface area contributed by atoms with Gasteiger partial charge in [-0.2, -0.15) is 4.39 Å². The van der Waals surface area contributed by atoms with E-state index < -0.39 is 0 Å². The largest absolute Gasteiger partial charge is 0.199 e. The van der Waals surface area contributed by atoms with Gasteiger partial charge in [-0.3, -0.25) is 0 Å². The molecule has 0 bridgehead atoms. The minimum atomic E-state index is -0.244. The lowest BCUT2D eigenvalue weighted by atomic mass is 10.2. The minimum Gasteiger partial charge on any atom is -0.199 e. The molecule has 0 amide bonds. The van der Waals surface area contributed by atoms with Crippen LogP contribution in [0, 0.1) is 0 Å². The third-order valence-electron chi connectivity index (χ3n) is 0.856. The molecule has 0 radical (unpaired) electrons. The average Bonchev–Trinajstić information content (AvgIpc) is 1.66. The van der Waals surface area contributed by atoms with Gasteiger partial charge >= 0.3 is 0 Å². The van der Waals surface area contributed by atoms with Gasteiger partial charge in [-0.1, -0.05) is 13.3 Å². The van der Waals surface area contributed by atoms with Crippen molar-refractivity contribution in [2.24, 2.45) is 0 Å². The van der Waals surface area contributed by atoms with E-state index in [2.05, 4.69) is 22.9 Å². The van der Waals surface area contributed by atoms with Crippen LogP contribution in [0.3, 0.4) is 0 Å². The van der Waals surface area contributed by atoms with Crippen molar-refractivity contribution < 1.29 is 4.39 Å².